The Hall–Kier alpha value is -0.220. The molecule has 4 heteroatoms. The Morgan fingerprint density at radius 2 is 2.86 bits per heavy atom. The minimum atomic E-state index is -2.70. The predicted molar refractivity (Wildman–Crippen MR) is 29.5 cm³/mol. The lowest BCUT2D eigenvalue weighted by Crippen LogP contribution is -2.31. The number of carboxylic acid groups (broad SMARTS) is 1. The molecule has 0 saturated carbocycles. The molecule has 0 heterocycles. The fraction of sp³-hybridized carbons (Fsp3) is 0.667. The summed E-state index contributed by atoms with van der Waals surface area (Å²) in [5, 5.41) is 8.18. The molecule has 0 aliphatic heterocycles. The number of rotatable bonds is 2. The van der Waals surface area contributed by atoms with Gasteiger partial charge in [0.2, 0.25) is 0 Å². The fourth-order valence-corrected chi connectivity index (χ4v) is 0.143. The lowest BCUT2D eigenvalue weighted by molar-refractivity contribution is -0.137. The summed E-state index contributed by atoms with van der Waals surface area (Å²) in [7, 11) is 0. The second-order valence-corrected chi connectivity index (χ2v) is 1.05. The molecule has 0 bridgehead atoms. The van der Waals surface area contributed by atoms with Crippen LogP contribution in [-0.4, -0.2) is 22.8 Å². The molecule has 0 aromatic heterocycles. The van der Waals surface area contributed by atoms with E-state index in [1.54, 1.807) is 0 Å². The van der Waals surface area contributed by atoms with E-state index in [1.807, 2.05) is 0 Å². The van der Waals surface area contributed by atoms with Gasteiger partial charge >= 0.3 is 5.97 Å². The third-order valence-corrected chi connectivity index (χ3v) is 0.592. The second kappa shape index (κ2) is 2.87. The van der Waals surface area contributed by atoms with Gasteiger partial charge in [0.15, 0.2) is 0 Å². The molecule has 0 aliphatic rings. The highest BCUT2D eigenvalue weighted by atomic mass is 32.1. The summed E-state index contributed by atoms with van der Waals surface area (Å²) in [5.74, 6) is -1.74. The van der Waals surface area contributed by atoms with E-state index < -0.39 is 17.7 Å². The molecule has 0 fully saturated rings. The monoisotopic (exact) mass is 125 g/mol. The molecule has 0 unspecified atom stereocenters. The fourth-order valence-electron chi connectivity index (χ4n) is 0.0478. The molecular formula is C3H7NO2S. The van der Waals surface area contributed by atoms with Gasteiger partial charge in [0.25, 0.3) is 0 Å². The van der Waals surface area contributed by atoms with Crippen molar-refractivity contribution >= 4 is 18.6 Å². The van der Waals surface area contributed by atoms with Gasteiger partial charge in [0.1, 0.15) is 6.02 Å². The number of carboxylic acids is 1. The number of nitrogens with two attached hydrogens (primary N) is 1. The highest BCUT2D eigenvalue weighted by Gasteiger charge is 2.06. The van der Waals surface area contributed by atoms with Crippen LogP contribution >= 0.6 is 12.6 Å². The van der Waals surface area contributed by atoms with Crippen LogP contribution in [0.5, 0.6) is 0 Å². The van der Waals surface area contributed by atoms with E-state index in [4.69, 9.17) is 15.0 Å². The zero-order valence-corrected chi connectivity index (χ0v) is 4.27. The minimum Gasteiger partial charge on any atom is -0.480 e. The molecule has 0 saturated heterocycles. The molecule has 0 aromatic rings. The topological polar surface area (TPSA) is 63.3 Å². The molecule has 0 amide bonds. The zero-order chi connectivity index (χ0) is 8.58. The van der Waals surface area contributed by atoms with Gasteiger partial charge in [0.05, 0.1) is 1.37 Å². The van der Waals surface area contributed by atoms with Gasteiger partial charge in [-0.3, -0.25) is 4.79 Å². The van der Waals surface area contributed by atoms with Gasteiger partial charge in [-0.25, -0.2) is 0 Å². The average molecular weight is 125 g/mol. The van der Waals surface area contributed by atoms with E-state index in [0.717, 1.165) is 0 Å². The summed E-state index contributed by atoms with van der Waals surface area (Å²) in [6.45, 7) is 0. The van der Waals surface area contributed by atoms with Crippen LogP contribution in [0.2, 0.25) is 0 Å². The molecule has 3 N–H and O–H groups in total. The van der Waals surface area contributed by atoms with Crippen molar-refractivity contribution < 1.29 is 14.0 Å². The maximum atomic E-state index is 10.1. The molecule has 0 spiro atoms. The first-order valence-corrected chi connectivity index (χ1v) is 1.89. The summed E-state index contributed by atoms with van der Waals surface area (Å²) >= 11 is 3.21. The van der Waals surface area contributed by atoms with Gasteiger partial charge < -0.3 is 10.8 Å². The number of aliphatic carboxylic acids is 1. The smallest absolute Gasteiger partial charge is 0.321 e. The van der Waals surface area contributed by atoms with Crippen molar-refractivity contribution in [1.29, 1.82) is 0 Å². The maximum absolute atomic E-state index is 10.1. The average Bonchev–Trinajstić information content (AvgIpc) is 1.62. The van der Waals surface area contributed by atoms with E-state index >= 15 is 0 Å². The van der Waals surface area contributed by atoms with Crippen molar-refractivity contribution in [2.24, 2.45) is 5.73 Å². The van der Waals surface area contributed by atoms with Crippen LogP contribution in [0.4, 0.5) is 0 Å². The van der Waals surface area contributed by atoms with Crippen molar-refractivity contribution in [3.05, 3.63) is 0 Å². The van der Waals surface area contributed by atoms with E-state index in [2.05, 4.69) is 12.6 Å². The highest BCUT2D eigenvalue weighted by Crippen LogP contribution is 1.80. The van der Waals surface area contributed by atoms with Gasteiger partial charge in [-0.15, -0.1) is 0 Å². The lowest BCUT2D eigenvalue weighted by atomic mass is 10.4. The first kappa shape index (κ1) is 2.94. The number of thiol groups is 1. The summed E-state index contributed by atoms with van der Waals surface area (Å²) in [6, 6.07) is -2.70. The zero-order valence-electron chi connectivity index (χ0n) is 6.38. The van der Waals surface area contributed by atoms with Crippen LogP contribution < -0.4 is 5.73 Å². The van der Waals surface area contributed by atoms with Crippen molar-refractivity contribution in [1.82, 2.24) is 0 Å². The maximum Gasteiger partial charge on any atom is 0.321 e. The summed E-state index contributed by atoms with van der Waals surface area (Å²) in [6.07, 6.45) is 0. The Balaban J connectivity index is 4.57. The molecule has 7 heavy (non-hydrogen) atoms. The summed E-state index contributed by atoms with van der Waals surface area (Å²) in [4.78, 5) is 10.1. The SMILES string of the molecule is [2H]C([2H])(S)[C@]([2H])([15NH2])C(=O)O. The van der Waals surface area contributed by atoms with Crippen LogP contribution in [0.25, 0.3) is 0 Å². The van der Waals surface area contributed by atoms with E-state index in [1.165, 1.54) is 0 Å². The summed E-state index contributed by atoms with van der Waals surface area (Å²) in [5.41, 5.74) is 2.21. The third-order valence-electron chi connectivity index (χ3n) is 0.351. The van der Waals surface area contributed by atoms with Gasteiger partial charge in [-0.2, -0.15) is 12.6 Å². The molecular weight excluding hydrogens is 115 g/mol. The van der Waals surface area contributed by atoms with Gasteiger partial charge in [0, 0.05) is 8.45 Å². The lowest BCUT2D eigenvalue weighted by Gasteiger charge is -1.96. The van der Waals surface area contributed by atoms with Crippen molar-refractivity contribution in [3.63, 3.8) is 0 Å². The quantitative estimate of drug-likeness (QED) is 0.339. The Morgan fingerprint density at radius 1 is 2.43 bits per heavy atom. The van der Waals surface area contributed by atoms with E-state index in [-0.39, 0.29) is 0 Å². The number of carbonyl (C=O) groups is 1. The van der Waals surface area contributed by atoms with E-state index in [0.29, 0.717) is 0 Å². The Morgan fingerprint density at radius 3 is 2.86 bits per heavy atom. The predicted octanol–water partition coefficient (Wildman–Crippen LogP) is -0.672. The highest BCUT2D eigenvalue weighted by molar-refractivity contribution is 7.80. The Bertz CT molecular complexity index is 154. The third kappa shape index (κ3) is 2.47. The standard InChI is InChI=1S/C3H7NO2S/c4-2(1-7)3(5)6/h2,7H,1,4H2,(H,5,6)/t2-/m0/s1/i1D2,2D,4+1. The first-order chi connectivity index (χ1) is 4.19. The molecule has 3 nitrogen and oxygen atoms in total. The van der Waals surface area contributed by atoms with Crippen molar-refractivity contribution in [2.45, 2.75) is 6.02 Å². The van der Waals surface area contributed by atoms with Gasteiger partial charge in [-0.05, 0) is 0 Å². The number of hydrogen-bond acceptors (Lipinski definition) is 3. The Labute approximate surface area is 51.1 Å². The minimum absolute atomic E-state index is 1.74. The number of hydrogen-bond donors (Lipinski definition) is 3. The van der Waals surface area contributed by atoms with Crippen molar-refractivity contribution in [2.75, 3.05) is 5.70 Å². The second-order valence-electron chi connectivity index (χ2n) is 0.831. The Kier molecular flexibility index (Phi) is 1.21. The van der Waals surface area contributed by atoms with E-state index in [9.17, 15) is 4.79 Å². The molecule has 0 aromatic carbocycles. The van der Waals surface area contributed by atoms with Crippen LogP contribution in [0.1, 0.15) is 4.11 Å². The normalized spacial score (nSPS) is 26.3. The molecule has 0 aliphatic carbocycles. The van der Waals surface area contributed by atoms with Crippen LogP contribution in [0, 0.1) is 0 Å². The van der Waals surface area contributed by atoms with Crippen molar-refractivity contribution in [3.8, 4) is 0 Å². The molecule has 0 rings (SSSR count). The van der Waals surface area contributed by atoms with Crippen LogP contribution in [0.3, 0.4) is 0 Å². The largest absolute Gasteiger partial charge is 0.480 e. The van der Waals surface area contributed by atoms with Crippen LogP contribution in [-0.2, 0) is 4.79 Å². The van der Waals surface area contributed by atoms with Gasteiger partial charge in [-0.1, -0.05) is 0 Å². The molecule has 0 radical (unpaired) electrons. The first-order valence-electron chi connectivity index (χ1n) is 2.94. The summed E-state index contributed by atoms with van der Waals surface area (Å²) < 4.78 is 20.2. The van der Waals surface area contributed by atoms with Crippen LogP contribution in [0.15, 0.2) is 0 Å². The molecule has 42 valence electrons. The molecule has 1 atom stereocenters.